The maximum Gasteiger partial charge on any atom is 0.336 e. The molecule has 0 spiro atoms. The SMILES string of the molecule is Cn1c2c(c(=O)n(-c3ccc(CC(N)C(=O)O)cn3)c1=O)COCC2. The molecule has 0 fully saturated rings. The molecule has 0 saturated heterocycles. The summed E-state index contributed by atoms with van der Waals surface area (Å²) < 4.78 is 7.76. The molecule has 25 heavy (non-hydrogen) atoms. The molecule has 3 rings (SSSR count). The lowest BCUT2D eigenvalue weighted by atomic mass is 10.1. The minimum Gasteiger partial charge on any atom is -0.480 e. The average Bonchev–Trinajstić information content (AvgIpc) is 2.61. The van der Waals surface area contributed by atoms with Crippen LogP contribution in [-0.4, -0.2) is 37.8 Å². The molecule has 0 saturated carbocycles. The third-order valence-electron chi connectivity index (χ3n) is 4.23. The van der Waals surface area contributed by atoms with Crippen LogP contribution in [0.15, 0.2) is 27.9 Å². The van der Waals surface area contributed by atoms with E-state index in [4.69, 9.17) is 15.6 Å². The van der Waals surface area contributed by atoms with Gasteiger partial charge >= 0.3 is 11.7 Å². The van der Waals surface area contributed by atoms with Crippen LogP contribution in [0.25, 0.3) is 5.82 Å². The Hall–Kier alpha value is -2.78. The monoisotopic (exact) mass is 346 g/mol. The Morgan fingerprint density at radius 2 is 2.20 bits per heavy atom. The second-order valence-corrected chi connectivity index (χ2v) is 5.88. The van der Waals surface area contributed by atoms with Gasteiger partial charge in [-0.3, -0.25) is 14.2 Å². The van der Waals surface area contributed by atoms with Gasteiger partial charge in [0.05, 0.1) is 18.8 Å². The van der Waals surface area contributed by atoms with Crippen molar-refractivity contribution >= 4 is 5.97 Å². The predicted octanol–water partition coefficient (Wildman–Crippen LogP) is -1.04. The van der Waals surface area contributed by atoms with E-state index in [2.05, 4.69) is 4.98 Å². The molecule has 132 valence electrons. The zero-order valence-corrected chi connectivity index (χ0v) is 13.6. The Balaban J connectivity index is 2.03. The molecule has 0 amide bonds. The third kappa shape index (κ3) is 3.11. The number of ether oxygens (including phenoxy) is 1. The standard InChI is InChI=1S/C16H18N4O5/c1-19-12-4-5-25-8-10(12)14(21)20(16(19)24)13-3-2-9(7-18-13)6-11(17)15(22)23/h2-3,7,11H,4-6,8,17H2,1H3,(H,22,23). The van der Waals surface area contributed by atoms with Gasteiger partial charge in [-0.2, -0.15) is 0 Å². The van der Waals surface area contributed by atoms with Crippen molar-refractivity contribution in [1.29, 1.82) is 0 Å². The van der Waals surface area contributed by atoms with E-state index in [1.807, 2.05) is 0 Å². The van der Waals surface area contributed by atoms with Gasteiger partial charge < -0.3 is 15.6 Å². The van der Waals surface area contributed by atoms with Gasteiger partial charge in [-0.1, -0.05) is 6.07 Å². The Morgan fingerprint density at radius 1 is 1.44 bits per heavy atom. The summed E-state index contributed by atoms with van der Waals surface area (Å²) in [7, 11) is 1.61. The number of carboxylic acids is 1. The number of hydrogen-bond donors (Lipinski definition) is 2. The molecule has 3 heterocycles. The van der Waals surface area contributed by atoms with Crippen molar-refractivity contribution < 1.29 is 14.6 Å². The third-order valence-corrected chi connectivity index (χ3v) is 4.23. The first kappa shape index (κ1) is 17.1. The molecule has 0 radical (unpaired) electrons. The maximum absolute atomic E-state index is 12.7. The van der Waals surface area contributed by atoms with Crippen molar-refractivity contribution in [3.05, 3.63) is 56.0 Å². The Morgan fingerprint density at radius 3 is 2.84 bits per heavy atom. The van der Waals surface area contributed by atoms with Crippen LogP contribution in [0.4, 0.5) is 0 Å². The van der Waals surface area contributed by atoms with Gasteiger partial charge in [0.1, 0.15) is 11.9 Å². The van der Waals surface area contributed by atoms with E-state index in [-0.39, 0.29) is 18.8 Å². The molecule has 1 aliphatic rings. The normalized spacial score (nSPS) is 14.8. The highest BCUT2D eigenvalue weighted by atomic mass is 16.5. The van der Waals surface area contributed by atoms with Crippen molar-refractivity contribution in [1.82, 2.24) is 14.1 Å². The summed E-state index contributed by atoms with van der Waals surface area (Å²) in [4.78, 5) is 40.2. The van der Waals surface area contributed by atoms with E-state index >= 15 is 0 Å². The Labute approximate surface area is 142 Å². The quantitative estimate of drug-likeness (QED) is 0.723. The molecule has 9 nitrogen and oxygen atoms in total. The lowest BCUT2D eigenvalue weighted by molar-refractivity contribution is -0.138. The molecule has 2 aromatic heterocycles. The lowest BCUT2D eigenvalue weighted by Gasteiger charge is -2.20. The number of aromatic nitrogens is 3. The molecule has 1 aliphatic heterocycles. The minimum absolute atomic E-state index is 0.105. The molecule has 0 aliphatic carbocycles. The van der Waals surface area contributed by atoms with Crippen LogP contribution < -0.4 is 17.0 Å². The van der Waals surface area contributed by atoms with E-state index in [0.29, 0.717) is 29.8 Å². The Bertz CT molecular complexity index is 929. The molecule has 9 heteroatoms. The maximum atomic E-state index is 12.7. The van der Waals surface area contributed by atoms with Gasteiger partial charge in [0, 0.05) is 25.4 Å². The summed E-state index contributed by atoms with van der Waals surface area (Å²) in [6.07, 6.45) is 2.03. The predicted molar refractivity (Wildman–Crippen MR) is 87.8 cm³/mol. The molecule has 0 aromatic carbocycles. The largest absolute Gasteiger partial charge is 0.480 e. The van der Waals surface area contributed by atoms with E-state index in [1.54, 1.807) is 13.1 Å². The highest BCUT2D eigenvalue weighted by molar-refractivity contribution is 5.73. The summed E-state index contributed by atoms with van der Waals surface area (Å²) >= 11 is 0. The van der Waals surface area contributed by atoms with E-state index in [0.717, 1.165) is 4.57 Å². The van der Waals surface area contributed by atoms with Gasteiger partial charge in [0.15, 0.2) is 0 Å². The summed E-state index contributed by atoms with van der Waals surface area (Å²) in [5.74, 6) is -0.935. The zero-order chi connectivity index (χ0) is 18.1. The van der Waals surface area contributed by atoms with Gasteiger partial charge in [0.25, 0.3) is 5.56 Å². The van der Waals surface area contributed by atoms with Crippen molar-refractivity contribution in [3.8, 4) is 5.82 Å². The highest BCUT2D eigenvalue weighted by Gasteiger charge is 2.21. The summed E-state index contributed by atoms with van der Waals surface area (Å²) in [5, 5.41) is 8.85. The first-order valence-electron chi connectivity index (χ1n) is 7.75. The number of rotatable bonds is 4. The van der Waals surface area contributed by atoms with Gasteiger partial charge in [-0.15, -0.1) is 0 Å². The fourth-order valence-electron chi connectivity index (χ4n) is 2.83. The zero-order valence-electron chi connectivity index (χ0n) is 13.6. The molecular formula is C16H18N4O5. The van der Waals surface area contributed by atoms with Crippen LogP contribution >= 0.6 is 0 Å². The number of nitrogens with zero attached hydrogens (tertiary/aromatic N) is 3. The van der Waals surface area contributed by atoms with Crippen LogP contribution in [0.3, 0.4) is 0 Å². The number of aliphatic carboxylic acids is 1. The van der Waals surface area contributed by atoms with Crippen molar-refractivity contribution in [2.45, 2.75) is 25.5 Å². The lowest BCUT2D eigenvalue weighted by Crippen LogP contribution is -2.43. The summed E-state index contributed by atoms with van der Waals surface area (Å²) in [6, 6.07) is 2.07. The number of nitrogens with two attached hydrogens (primary N) is 1. The number of carboxylic acid groups (broad SMARTS) is 1. The number of hydrogen-bond acceptors (Lipinski definition) is 6. The fourth-order valence-corrected chi connectivity index (χ4v) is 2.83. The Kier molecular flexibility index (Phi) is 4.51. The van der Waals surface area contributed by atoms with Crippen molar-refractivity contribution in [2.75, 3.05) is 6.61 Å². The second kappa shape index (κ2) is 6.61. The second-order valence-electron chi connectivity index (χ2n) is 5.88. The highest BCUT2D eigenvalue weighted by Crippen LogP contribution is 2.12. The van der Waals surface area contributed by atoms with Gasteiger partial charge in [0.2, 0.25) is 0 Å². The number of pyridine rings is 1. The van der Waals surface area contributed by atoms with Crippen LogP contribution in [0, 0.1) is 0 Å². The van der Waals surface area contributed by atoms with E-state index in [1.165, 1.54) is 16.8 Å². The number of fused-ring (bicyclic) bond motifs is 1. The molecule has 1 unspecified atom stereocenters. The molecule has 0 bridgehead atoms. The van der Waals surface area contributed by atoms with Crippen LogP contribution in [-0.2, 0) is 36.0 Å². The van der Waals surface area contributed by atoms with E-state index < -0.39 is 23.3 Å². The molecule has 1 atom stereocenters. The van der Waals surface area contributed by atoms with Crippen LogP contribution in [0.1, 0.15) is 16.8 Å². The molecular weight excluding hydrogens is 328 g/mol. The van der Waals surface area contributed by atoms with Crippen LogP contribution in [0.2, 0.25) is 0 Å². The molecule has 2 aromatic rings. The first-order valence-corrected chi connectivity index (χ1v) is 7.75. The average molecular weight is 346 g/mol. The van der Waals surface area contributed by atoms with Crippen LogP contribution in [0.5, 0.6) is 0 Å². The summed E-state index contributed by atoms with van der Waals surface area (Å²) in [5.41, 5.74) is 6.30. The van der Waals surface area contributed by atoms with Gasteiger partial charge in [-0.25, -0.2) is 14.3 Å². The minimum atomic E-state index is -1.11. The number of carbonyl (C=O) groups is 1. The fraction of sp³-hybridized carbons (Fsp3) is 0.375. The smallest absolute Gasteiger partial charge is 0.336 e. The summed E-state index contributed by atoms with van der Waals surface area (Å²) in [6.45, 7) is 0.633. The van der Waals surface area contributed by atoms with E-state index in [9.17, 15) is 14.4 Å². The molecule has 3 N–H and O–H groups in total. The topological polar surface area (TPSA) is 129 Å². The first-order chi connectivity index (χ1) is 11.9. The van der Waals surface area contributed by atoms with Crippen molar-refractivity contribution in [3.63, 3.8) is 0 Å². The van der Waals surface area contributed by atoms with Crippen molar-refractivity contribution in [2.24, 2.45) is 12.8 Å². The van der Waals surface area contributed by atoms with Gasteiger partial charge in [-0.05, 0) is 18.1 Å².